The van der Waals surface area contributed by atoms with Crippen LogP contribution in [0.5, 0.6) is 0 Å². The van der Waals surface area contributed by atoms with Crippen molar-refractivity contribution in [3.63, 3.8) is 0 Å². The molecular weight excluding hydrogens is 248 g/mol. The minimum absolute atomic E-state index is 0.244. The lowest BCUT2D eigenvalue weighted by Gasteiger charge is -2.18. The van der Waals surface area contributed by atoms with Crippen LogP contribution in [0.15, 0.2) is 29.2 Å². The Balaban J connectivity index is 2.37. The van der Waals surface area contributed by atoms with Crippen molar-refractivity contribution in [1.82, 2.24) is 4.31 Å². The normalized spacial score (nSPS) is 25.5. The van der Waals surface area contributed by atoms with Gasteiger partial charge in [-0.1, -0.05) is 32.0 Å². The van der Waals surface area contributed by atoms with Crippen LogP contribution in [0, 0.1) is 11.8 Å². The van der Waals surface area contributed by atoms with Crippen molar-refractivity contribution in [3.05, 3.63) is 29.8 Å². The number of hydrogen-bond donors (Lipinski definition) is 1. The van der Waals surface area contributed by atoms with Crippen molar-refractivity contribution in [1.29, 1.82) is 0 Å². The largest absolute Gasteiger partial charge is 0.326 e. The molecule has 0 saturated carbocycles. The monoisotopic (exact) mass is 268 g/mol. The summed E-state index contributed by atoms with van der Waals surface area (Å²) >= 11 is 0. The molecule has 2 atom stereocenters. The number of benzene rings is 1. The van der Waals surface area contributed by atoms with E-state index in [0.29, 0.717) is 35.4 Å². The summed E-state index contributed by atoms with van der Waals surface area (Å²) < 4.78 is 26.7. The first-order valence-electron chi connectivity index (χ1n) is 6.25. The van der Waals surface area contributed by atoms with Gasteiger partial charge in [0.2, 0.25) is 10.0 Å². The SMILES string of the molecule is CC1CN(S(=O)(=O)c2ccccc2CN)CC1C. The van der Waals surface area contributed by atoms with Crippen LogP contribution in [0.4, 0.5) is 0 Å². The smallest absolute Gasteiger partial charge is 0.243 e. The molecule has 0 aromatic heterocycles. The molecule has 0 bridgehead atoms. The molecule has 100 valence electrons. The molecule has 0 spiro atoms. The highest BCUT2D eigenvalue weighted by molar-refractivity contribution is 7.89. The quantitative estimate of drug-likeness (QED) is 0.902. The summed E-state index contributed by atoms with van der Waals surface area (Å²) in [5, 5.41) is 0. The highest BCUT2D eigenvalue weighted by Crippen LogP contribution is 2.29. The lowest BCUT2D eigenvalue weighted by molar-refractivity contribution is 0.462. The van der Waals surface area contributed by atoms with E-state index in [4.69, 9.17) is 5.73 Å². The summed E-state index contributed by atoms with van der Waals surface area (Å²) in [5.74, 6) is 0.814. The van der Waals surface area contributed by atoms with Gasteiger partial charge in [0.15, 0.2) is 0 Å². The summed E-state index contributed by atoms with van der Waals surface area (Å²) in [7, 11) is -3.39. The lowest BCUT2D eigenvalue weighted by atomic mass is 10.0. The molecule has 0 aliphatic carbocycles. The maximum atomic E-state index is 12.6. The third-order valence-corrected chi connectivity index (χ3v) is 5.70. The maximum Gasteiger partial charge on any atom is 0.243 e. The first kappa shape index (κ1) is 13.5. The average Bonchev–Trinajstić information content (AvgIpc) is 2.70. The van der Waals surface area contributed by atoms with Crippen LogP contribution in [-0.2, 0) is 16.6 Å². The molecule has 2 rings (SSSR count). The summed E-state index contributed by atoms with van der Waals surface area (Å²) in [6, 6.07) is 6.98. The van der Waals surface area contributed by atoms with Gasteiger partial charge in [-0.3, -0.25) is 0 Å². The van der Waals surface area contributed by atoms with Gasteiger partial charge in [-0.25, -0.2) is 8.42 Å². The van der Waals surface area contributed by atoms with Crippen LogP contribution in [0.3, 0.4) is 0 Å². The fourth-order valence-corrected chi connectivity index (χ4v) is 4.21. The Labute approximate surface area is 109 Å². The molecule has 18 heavy (non-hydrogen) atoms. The van der Waals surface area contributed by atoms with Crippen molar-refractivity contribution in [3.8, 4) is 0 Å². The molecule has 1 fully saturated rings. The number of sulfonamides is 1. The van der Waals surface area contributed by atoms with E-state index in [-0.39, 0.29) is 6.54 Å². The summed E-state index contributed by atoms with van der Waals surface area (Å²) in [5.41, 5.74) is 6.30. The van der Waals surface area contributed by atoms with E-state index in [2.05, 4.69) is 13.8 Å². The Hall–Kier alpha value is -0.910. The first-order valence-corrected chi connectivity index (χ1v) is 7.69. The van der Waals surface area contributed by atoms with Gasteiger partial charge in [0.1, 0.15) is 0 Å². The summed E-state index contributed by atoms with van der Waals surface area (Å²) in [4.78, 5) is 0.355. The van der Waals surface area contributed by atoms with Gasteiger partial charge in [0, 0.05) is 19.6 Å². The number of rotatable bonds is 3. The fraction of sp³-hybridized carbons (Fsp3) is 0.538. The molecule has 4 nitrogen and oxygen atoms in total. The molecule has 2 unspecified atom stereocenters. The van der Waals surface area contributed by atoms with Gasteiger partial charge in [-0.15, -0.1) is 0 Å². The molecule has 5 heteroatoms. The van der Waals surface area contributed by atoms with Crippen LogP contribution >= 0.6 is 0 Å². The molecule has 1 aromatic carbocycles. The zero-order chi connectivity index (χ0) is 13.3. The second-order valence-electron chi connectivity index (χ2n) is 5.09. The van der Waals surface area contributed by atoms with Gasteiger partial charge < -0.3 is 5.73 Å². The zero-order valence-electron chi connectivity index (χ0n) is 10.8. The Morgan fingerprint density at radius 1 is 1.22 bits per heavy atom. The van der Waals surface area contributed by atoms with E-state index in [1.807, 2.05) is 6.07 Å². The maximum absolute atomic E-state index is 12.6. The molecule has 0 amide bonds. The molecule has 0 radical (unpaired) electrons. The van der Waals surface area contributed by atoms with Crippen LogP contribution in [0.25, 0.3) is 0 Å². The second-order valence-corrected chi connectivity index (χ2v) is 6.99. The minimum atomic E-state index is -3.39. The van der Waals surface area contributed by atoms with Crippen molar-refractivity contribution < 1.29 is 8.42 Å². The molecule has 1 aliphatic rings. The van der Waals surface area contributed by atoms with Crippen LogP contribution in [0.2, 0.25) is 0 Å². The van der Waals surface area contributed by atoms with E-state index in [1.165, 1.54) is 0 Å². The Bertz CT molecular complexity index is 518. The van der Waals surface area contributed by atoms with Gasteiger partial charge >= 0.3 is 0 Å². The van der Waals surface area contributed by atoms with Crippen LogP contribution < -0.4 is 5.73 Å². The Morgan fingerprint density at radius 2 is 1.78 bits per heavy atom. The minimum Gasteiger partial charge on any atom is -0.326 e. The third kappa shape index (κ3) is 2.30. The van der Waals surface area contributed by atoms with E-state index in [1.54, 1.807) is 22.5 Å². The standard InChI is InChI=1S/C13H20N2O2S/c1-10-8-15(9-11(10)2)18(16,17)13-6-4-3-5-12(13)7-14/h3-6,10-11H,7-9,14H2,1-2H3. The van der Waals surface area contributed by atoms with Crippen LogP contribution in [-0.4, -0.2) is 25.8 Å². The van der Waals surface area contributed by atoms with Gasteiger partial charge in [0.05, 0.1) is 4.90 Å². The summed E-state index contributed by atoms with van der Waals surface area (Å²) in [6.45, 7) is 5.63. The molecular formula is C13H20N2O2S. The highest BCUT2D eigenvalue weighted by atomic mass is 32.2. The van der Waals surface area contributed by atoms with Gasteiger partial charge in [-0.2, -0.15) is 4.31 Å². The van der Waals surface area contributed by atoms with Gasteiger partial charge in [0.25, 0.3) is 0 Å². The molecule has 1 aliphatic heterocycles. The molecule has 1 heterocycles. The van der Waals surface area contributed by atoms with E-state index >= 15 is 0 Å². The van der Waals surface area contributed by atoms with Gasteiger partial charge in [-0.05, 0) is 23.5 Å². The Kier molecular flexibility index (Phi) is 3.75. The van der Waals surface area contributed by atoms with Crippen LogP contribution in [0.1, 0.15) is 19.4 Å². The van der Waals surface area contributed by atoms with E-state index in [9.17, 15) is 8.42 Å². The number of nitrogens with two attached hydrogens (primary N) is 1. The van der Waals surface area contributed by atoms with E-state index < -0.39 is 10.0 Å². The molecule has 1 aromatic rings. The average molecular weight is 268 g/mol. The number of hydrogen-bond acceptors (Lipinski definition) is 3. The lowest BCUT2D eigenvalue weighted by Crippen LogP contribution is -2.30. The highest BCUT2D eigenvalue weighted by Gasteiger charge is 2.35. The Morgan fingerprint density at radius 3 is 2.33 bits per heavy atom. The topological polar surface area (TPSA) is 63.4 Å². The first-order chi connectivity index (χ1) is 8.46. The third-order valence-electron chi connectivity index (χ3n) is 3.76. The molecule has 2 N–H and O–H groups in total. The van der Waals surface area contributed by atoms with E-state index in [0.717, 1.165) is 0 Å². The number of nitrogens with zero attached hydrogens (tertiary/aromatic N) is 1. The van der Waals surface area contributed by atoms with Crippen molar-refractivity contribution >= 4 is 10.0 Å². The zero-order valence-corrected chi connectivity index (χ0v) is 11.7. The van der Waals surface area contributed by atoms with Crippen molar-refractivity contribution in [2.75, 3.05) is 13.1 Å². The predicted molar refractivity (Wildman–Crippen MR) is 71.4 cm³/mol. The molecule has 1 saturated heterocycles. The van der Waals surface area contributed by atoms with Crippen molar-refractivity contribution in [2.24, 2.45) is 17.6 Å². The predicted octanol–water partition coefficient (Wildman–Crippen LogP) is 1.42. The summed E-state index contributed by atoms with van der Waals surface area (Å²) in [6.07, 6.45) is 0. The second kappa shape index (κ2) is 4.99. The fourth-order valence-electron chi connectivity index (χ4n) is 2.34. The van der Waals surface area contributed by atoms with Crippen molar-refractivity contribution in [2.45, 2.75) is 25.3 Å².